The van der Waals surface area contributed by atoms with E-state index >= 15 is 0 Å². The topological polar surface area (TPSA) is 116 Å². The third-order valence-electron chi connectivity index (χ3n) is 2.20. The van der Waals surface area contributed by atoms with E-state index in [1.165, 1.54) is 13.2 Å². The van der Waals surface area contributed by atoms with Crippen LogP contribution in [0.5, 0.6) is 5.75 Å². The molecule has 0 fully saturated rings. The van der Waals surface area contributed by atoms with Gasteiger partial charge in [-0.1, -0.05) is 6.07 Å². The monoisotopic (exact) mass is 249 g/mol. The number of nitrogens with zero attached hydrogens (tertiary/aromatic N) is 4. The molecule has 90 valence electrons. The molecule has 1 N–H and O–H groups in total. The van der Waals surface area contributed by atoms with E-state index in [1.807, 2.05) is 6.07 Å². The van der Waals surface area contributed by atoms with Gasteiger partial charge in [-0.2, -0.15) is 21.0 Å². The second kappa shape index (κ2) is 6.30. The minimum absolute atomic E-state index is 0.231. The number of rotatable bonds is 3. The lowest BCUT2D eigenvalue weighted by Gasteiger charge is -2.11. The standard InChI is InChI=1S/C13H7N5O/c1-19-12-4-2-3-9(5-14)13(12)18-11(8-17)10(6-15)7-16/h2-4,18H,1H3. The van der Waals surface area contributed by atoms with Gasteiger partial charge in [0.25, 0.3) is 0 Å². The molecule has 0 atom stereocenters. The molecule has 0 saturated heterocycles. The van der Waals surface area contributed by atoms with Gasteiger partial charge in [-0.25, -0.2) is 0 Å². The molecule has 0 spiro atoms. The molecule has 0 aliphatic rings. The van der Waals surface area contributed by atoms with Crippen LogP contribution in [0.15, 0.2) is 29.5 Å². The molecule has 0 aromatic heterocycles. The Kier molecular flexibility index (Phi) is 4.51. The Bertz CT molecular complexity index is 676. The molecule has 1 aromatic carbocycles. The predicted octanol–water partition coefficient (Wildman–Crippen LogP) is 1.80. The van der Waals surface area contributed by atoms with E-state index in [4.69, 9.17) is 25.8 Å². The highest BCUT2D eigenvalue weighted by Crippen LogP contribution is 2.29. The van der Waals surface area contributed by atoms with Gasteiger partial charge in [0.2, 0.25) is 0 Å². The molecule has 0 heterocycles. The van der Waals surface area contributed by atoms with Crippen LogP contribution < -0.4 is 10.1 Å². The van der Waals surface area contributed by atoms with Gasteiger partial charge in [-0.3, -0.25) is 0 Å². The first-order valence-electron chi connectivity index (χ1n) is 5.00. The lowest BCUT2D eigenvalue weighted by atomic mass is 10.1. The van der Waals surface area contributed by atoms with Crippen molar-refractivity contribution in [1.82, 2.24) is 0 Å². The number of nitriles is 4. The zero-order chi connectivity index (χ0) is 14.3. The summed E-state index contributed by atoms with van der Waals surface area (Å²) < 4.78 is 5.07. The molecule has 0 unspecified atom stereocenters. The molecule has 0 radical (unpaired) electrons. The third kappa shape index (κ3) is 2.80. The predicted molar refractivity (Wildman–Crippen MR) is 65.2 cm³/mol. The van der Waals surface area contributed by atoms with E-state index in [1.54, 1.807) is 30.3 Å². The van der Waals surface area contributed by atoms with Crippen LogP contribution in [0.1, 0.15) is 5.56 Å². The van der Waals surface area contributed by atoms with Crippen molar-refractivity contribution in [2.24, 2.45) is 0 Å². The molecule has 6 heteroatoms. The van der Waals surface area contributed by atoms with Crippen LogP contribution >= 0.6 is 0 Å². The zero-order valence-corrected chi connectivity index (χ0v) is 9.93. The SMILES string of the molecule is COc1cccc(C#N)c1NC(C#N)=C(C#N)C#N. The molecular weight excluding hydrogens is 242 g/mol. The fourth-order valence-electron chi connectivity index (χ4n) is 1.33. The number of hydrogen-bond donors (Lipinski definition) is 1. The van der Waals surface area contributed by atoms with Crippen LogP contribution in [-0.2, 0) is 0 Å². The normalized spacial score (nSPS) is 8.05. The van der Waals surface area contributed by atoms with Gasteiger partial charge in [0.15, 0.2) is 5.57 Å². The van der Waals surface area contributed by atoms with Crippen molar-refractivity contribution >= 4 is 5.69 Å². The largest absolute Gasteiger partial charge is 0.495 e. The maximum Gasteiger partial charge on any atom is 0.163 e. The summed E-state index contributed by atoms with van der Waals surface area (Å²) >= 11 is 0. The molecule has 1 rings (SSSR count). The van der Waals surface area contributed by atoms with E-state index < -0.39 is 0 Å². The number of hydrogen-bond acceptors (Lipinski definition) is 6. The smallest absolute Gasteiger partial charge is 0.163 e. The third-order valence-corrected chi connectivity index (χ3v) is 2.20. The van der Waals surface area contributed by atoms with Gasteiger partial charge in [0, 0.05) is 0 Å². The number of para-hydroxylation sites is 1. The van der Waals surface area contributed by atoms with Crippen molar-refractivity contribution < 1.29 is 4.74 Å². The summed E-state index contributed by atoms with van der Waals surface area (Å²) in [6.45, 7) is 0. The minimum atomic E-state index is -0.364. The summed E-state index contributed by atoms with van der Waals surface area (Å²) in [5.41, 5.74) is -0.113. The van der Waals surface area contributed by atoms with Crippen molar-refractivity contribution in [2.45, 2.75) is 0 Å². The fourth-order valence-corrected chi connectivity index (χ4v) is 1.33. The van der Waals surface area contributed by atoms with E-state index in [2.05, 4.69) is 5.32 Å². The Hall–Kier alpha value is -3.48. The Morgan fingerprint density at radius 3 is 2.26 bits per heavy atom. The Morgan fingerprint density at radius 2 is 1.79 bits per heavy atom. The van der Waals surface area contributed by atoms with E-state index in [0.717, 1.165) is 0 Å². The Labute approximate surface area is 110 Å². The van der Waals surface area contributed by atoms with Crippen LogP contribution in [0, 0.1) is 45.3 Å². The highest BCUT2D eigenvalue weighted by atomic mass is 16.5. The second-order valence-electron chi connectivity index (χ2n) is 3.21. The highest BCUT2D eigenvalue weighted by molar-refractivity contribution is 5.71. The van der Waals surface area contributed by atoms with E-state index in [0.29, 0.717) is 5.75 Å². The first-order valence-corrected chi connectivity index (χ1v) is 5.00. The summed E-state index contributed by atoms with van der Waals surface area (Å²) in [6.07, 6.45) is 0. The molecule has 0 amide bonds. The summed E-state index contributed by atoms with van der Waals surface area (Å²) in [5, 5.41) is 38.0. The summed E-state index contributed by atoms with van der Waals surface area (Å²) in [6, 6.07) is 11.6. The average molecular weight is 249 g/mol. The zero-order valence-electron chi connectivity index (χ0n) is 9.93. The van der Waals surface area contributed by atoms with Gasteiger partial charge in [0.05, 0.1) is 18.4 Å². The van der Waals surface area contributed by atoms with Crippen molar-refractivity contribution in [3.05, 3.63) is 35.0 Å². The molecule has 1 aromatic rings. The number of ether oxygens (including phenoxy) is 1. The maximum absolute atomic E-state index is 9.00. The van der Waals surface area contributed by atoms with Gasteiger partial charge < -0.3 is 10.1 Å². The van der Waals surface area contributed by atoms with Crippen LogP contribution in [-0.4, -0.2) is 7.11 Å². The van der Waals surface area contributed by atoms with Gasteiger partial charge >= 0.3 is 0 Å². The summed E-state index contributed by atoms with van der Waals surface area (Å²) in [7, 11) is 1.41. The molecular formula is C13H7N5O. The van der Waals surface area contributed by atoms with Gasteiger partial charge in [-0.15, -0.1) is 0 Å². The van der Waals surface area contributed by atoms with E-state index in [-0.39, 0.29) is 22.5 Å². The number of anilines is 1. The number of allylic oxidation sites excluding steroid dienone is 2. The van der Waals surface area contributed by atoms with Crippen molar-refractivity contribution in [2.75, 3.05) is 12.4 Å². The molecule has 0 aliphatic carbocycles. The Morgan fingerprint density at radius 1 is 1.11 bits per heavy atom. The molecule has 6 nitrogen and oxygen atoms in total. The molecule has 0 saturated carbocycles. The number of methoxy groups -OCH3 is 1. The molecule has 0 bridgehead atoms. The van der Waals surface area contributed by atoms with Crippen LogP contribution in [0.2, 0.25) is 0 Å². The minimum Gasteiger partial charge on any atom is -0.495 e. The quantitative estimate of drug-likeness (QED) is 0.816. The van der Waals surface area contributed by atoms with Crippen LogP contribution in [0.3, 0.4) is 0 Å². The first-order chi connectivity index (χ1) is 9.21. The lowest BCUT2D eigenvalue weighted by molar-refractivity contribution is 0.416. The number of nitrogens with one attached hydrogen (secondary N) is 1. The maximum atomic E-state index is 9.00. The lowest BCUT2D eigenvalue weighted by Crippen LogP contribution is -2.04. The molecule has 19 heavy (non-hydrogen) atoms. The average Bonchev–Trinajstić information content (AvgIpc) is 2.47. The van der Waals surface area contributed by atoms with E-state index in [9.17, 15) is 0 Å². The van der Waals surface area contributed by atoms with Crippen molar-refractivity contribution in [1.29, 1.82) is 21.0 Å². The summed E-state index contributed by atoms with van der Waals surface area (Å²) in [5.74, 6) is 0.335. The van der Waals surface area contributed by atoms with Crippen molar-refractivity contribution in [3.63, 3.8) is 0 Å². The summed E-state index contributed by atoms with van der Waals surface area (Å²) in [4.78, 5) is 0. The van der Waals surface area contributed by atoms with Crippen LogP contribution in [0.25, 0.3) is 0 Å². The second-order valence-corrected chi connectivity index (χ2v) is 3.21. The van der Waals surface area contributed by atoms with Gasteiger partial charge in [0.1, 0.15) is 35.7 Å². The number of benzene rings is 1. The fraction of sp³-hybridized carbons (Fsp3) is 0.0769. The van der Waals surface area contributed by atoms with Crippen LogP contribution in [0.4, 0.5) is 5.69 Å². The van der Waals surface area contributed by atoms with Crippen molar-refractivity contribution in [3.8, 4) is 30.0 Å². The first kappa shape index (κ1) is 13.6. The Balaban J connectivity index is 3.40. The highest BCUT2D eigenvalue weighted by Gasteiger charge is 2.13. The molecule has 0 aliphatic heterocycles. The van der Waals surface area contributed by atoms with Gasteiger partial charge in [-0.05, 0) is 12.1 Å².